The molecule has 0 N–H and O–H groups in total. The van der Waals surface area contributed by atoms with E-state index >= 15 is 0 Å². The number of carbonyl (C=O) groups is 1. The zero-order valence-corrected chi connectivity index (χ0v) is 8.23. The van der Waals surface area contributed by atoms with E-state index in [2.05, 4.69) is 13.8 Å². The topological polar surface area (TPSA) is 20.3 Å². The summed E-state index contributed by atoms with van der Waals surface area (Å²) >= 11 is 1.66. The molecule has 0 atom stereocenters. The monoisotopic (exact) mass is 181 g/mol. The molecule has 1 aromatic heterocycles. The minimum Gasteiger partial charge on any atom is -0.332 e. The fraction of sp³-hybridized carbons (Fsp3) is 0.444. The Morgan fingerprint density at radius 2 is 2.17 bits per heavy atom. The smallest absolute Gasteiger partial charge is 0.255 e. The normalized spacial score (nSPS) is 19.9. The number of amides is 1. The lowest BCUT2D eigenvalue weighted by Crippen LogP contribution is -2.35. The van der Waals surface area contributed by atoms with Crippen molar-refractivity contribution in [2.75, 3.05) is 7.05 Å². The summed E-state index contributed by atoms with van der Waals surface area (Å²) in [7, 11) is 1.86. The van der Waals surface area contributed by atoms with Gasteiger partial charge in [0.05, 0.1) is 11.1 Å². The van der Waals surface area contributed by atoms with Crippen LogP contribution in [-0.4, -0.2) is 17.9 Å². The second-order valence-corrected chi connectivity index (χ2v) is 4.50. The molecule has 2 nitrogen and oxygen atoms in total. The highest BCUT2D eigenvalue weighted by Gasteiger charge is 2.41. The lowest BCUT2D eigenvalue weighted by Gasteiger charge is -2.27. The van der Waals surface area contributed by atoms with E-state index in [1.165, 1.54) is 4.88 Å². The first-order chi connectivity index (χ1) is 5.55. The van der Waals surface area contributed by atoms with Crippen LogP contribution >= 0.6 is 11.3 Å². The first kappa shape index (κ1) is 7.80. The molecular weight excluding hydrogens is 170 g/mol. The third-order valence-electron chi connectivity index (χ3n) is 2.59. The molecule has 0 fully saturated rings. The van der Waals surface area contributed by atoms with E-state index in [4.69, 9.17) is 0 Å². The second kappa shape index (κ2) is 2.10. The van der Waals surface area contributed by atoms with E-state index in [9.17, 15) is 4.79 Å². The number of nitrogens with zero attached hydrogens (tertiary/aromatic N) is 1. The van der Waals surface area contributed by atoms with Gasteiger partial charge < -0.3 is 4.90 Å². The molecule has 0 bridgehead atoms. The zero-order chi connectivity index (χ0) is 8.93. The molecule has 12 heavy (non-hydrogen) atoms. The molecule has 64 valence electrons. The highest BCUT2D eigenvalue weighted by molar-refractivity contribution is 7.10. The largest absolute Gasteiger partial charge is 0.332 e. The Bertz CT molecular complexity index is 340. The Kier molecular flexibility index (Phi) is 1.37. The predicted octanol–water partition coefficient (Wildman–Crippen LogP) is 2.07. The SMILES string of the molecule is CN1C(=O)c2ccsc2C1(C)C. The van der Waals surface area contributed by atoms with E-state index in [0.29, 0.717) is 0 Å². The van der Waals surface area contributed by atoms with Gasteiger partial charge in [0.1, 0.15) is 0 Å². The van der Waals surface area contributed by atoms with Crippen LogP contribution in [0.1, 0.15) is 29.1 Å². The summed E-state index contributed by atoms with van der Waals surface area (Å²) in [6.07, 6.45) is 0. The minimum absolute atomic E-state index is 0.111. The quantitative estimate of drug-likeness (QED) is 0.600. The molecule has 3 heteroatoms. The van der Waals surface area contributed by atoms with Crippen LogP contribution in [0.5, 0.6) is 0 Å². The van der Waals surface area contributed by atoms with E-state index < -0.39 is 0 Å². The van der Waals surface area contributed by atoms with Crippen molar-refractivity contribution in [1.29, 1.82) is 0 Å². The van der Waals surface area contributed by atoms with Crippen molar-refractivity contribution in [3.8, 4) is 0 Å². The molecule has 0 radical (unpaired) electrons. The molecule has 0 saturated carbocycles. The standard InChI is InChI=1S/C9H11NOS/c1-9(2)7-6(4-5-12-7)8(11)10(9)3/h4-5H,1-3H3. The first-order valence-corrected chi connectivity index (χ1v) is 4.79. The van der Waals surface area contributed by atoms with Crippen LogP contribution in [0.3, 0.4) is 0 Å². The fourth-order valence-corrected chi connectivity index (χ4v) is 2.59. The fourth-order valence-electron chi connectivity index (χ4n) is 1.54. The number of carbonyl (C=O) groups excluding carboxylic acids is 1. The average Bonchev–Trinajstić information content (AvgIpc) is 2.54. The Morgan fingerprint density at radius 3 is 2.75 bits per heavy atom. The summed E-state index contributed by atoms with van der Waals surface area (Å²) in [4.78, 5) is 14.6. The summed E-state index contributed by atoms with van der Waals surface area (Å²) < 4.78 is 0. The average molecular weight is 181 g/mol. The van der Waals surface area contributed by atoms with Crippen LogP contribution in [0.25, 0.3) is 0 Å². The third kappa shape index (κ3) is 0.719. The van der Waals surface area contributed by atoms with Crippen LogP contribution in [-0.2, 0) is 5.54 Å². The second-order valence-electron chi connectivity index (χ2n) is 3.59. The molecule has 1 aliphatic rings. The summed E-state index contributed by atoms with van der Waals surface area (Å²) in [5, 5.41) is 1.98. The third-order valence-corrected chi connectivity index (χ3v) is 3.82. The van der Waals surface area contributed by atoms with Gasteiger partial charge in [-0.3, -0.25) is 4.79 Å². The van der Waals surface area contributed by atoms with Crippen LogP contribution in [0.4, 0.5) is 0 Å². The lowest BCUT2D eigenvalue weighted by molar-refractivity contribution is 0.0693. The molecule has 2 heterocycles. The van der Waals surface area contributed by atoms with Crippen molar-refractivity contribution in [3.63, 3.8) is 0 Å². The highest BCUT2D eigenvalue weighted by Crippen LogP contribution is 2.40. The molecule has 0 spiro atoms. The molecule has 0 aliphatic carbocycles. The Hall–Kier alpha value is -0.830. The zero-order valence-electron chi connectivity index (χ0n) is 7.42. The van der Waals surface area contributed by atoms with Crippen LogP contribution in [0.2, 0.25) is 0 Å². The summed E-state index contributed by atoms with van der Waals surface area (Å²) in [6, 6.07) is 1.91. The molecule has 2 rings (SSSR count). The Balaban J connectivity index is 2.64. The van der Waals surface area contributed by atoms with Crippen molar-refractivity contribution in [1.82, 2.24) is 4.90 Å². The van der Waals surface area contributed by atoms with Gasteiger partial charge in [-0.05, 0) is 25.3 Å². The lowest BCUT2D eigenvalue weighted by atomic mass is 10.0. The molecule has 1 aromatic rings. The number of rotatable bonds is 0. The highest BCUT2D eigenvalue weighted by atomic mass is 32.1. The van der Waals surface area contributed by atoms with Gasteiger partial charge in [0.25, 0.3) is 5.91 Å². The van der Waals surface area contributed by atoms with Gasteiger partial charge in [0.15, 0.2) is 0 Å². The number of fused-ring (bicyclic) bond motifs is 1. The van der Waals surface area contributed by atoms with Gasteiger partial charge >= 0.3 is 0 Å². The van der Waals surface area contributed by atoms with E-state index in [-0.39, 0.29) is 11.4 Å². The first-order valence-electron chi connectivity index (χ1n) is 3.91. The molecule has 0 unspecified atom stereocenters. The minimum atomic E-state index is -0.111. The van der Waals surface area contributed by atoms with Crippen molar-refractivity contribution in [2.45, 2.75) is 19.4 Å². The molecule has 1 aliphatic heterocycles. The van der Waals surface area contributed by atoms with Crippen molar-refractivity contribution < 1.29 is 4.79 Å². The maximum absolute atomic E-state index is 11.6. The van der Waals surface area contributed by atoms with E-state index in [0.717, 1.165) is 5.56 Å². The van der Waals surface area contributed by atoms with Crippen molar-refractivity contribution in [3.05, 3.63) is 21.9 Å². The number of thiophene rings is 1. The summed E-state index contributed by atoms with van der Waals surface area (Å²) in [6.45, 7) is 4.15. The molecule has 1 amide bonds. The number of hydrogen-bond donors (Lipinski definition) is 0. The maximum Gasteiger partial charge on any atom is 0.255 e. The summed E-state index contributed by atoms with van der Waals surface area (Å²) in [5.41, 5.74) is 0.771. The van der Waals surface area contributed by atoms with E-state index in [1.54, 1.807) is 16.2 Å². The maximum atomic E-state index is 11.6. The Morgan fingerprint density at radius 1 is 1.50 bits per heavy atom. The van der Waals surface area contributed by atoms with Gasteiger partial charge in [0, 0.05) is 11.9 Å². The molecule has 0 saturated heterocycles. The van der Waals surface area contributed by atoms with Gasteiger partial charge in [-0.25, -0.2) is 0 Å². The Labute approximate surface area is 75.8 Å². The molecule has 0 aromatic carbocycles. The van der Waals surface area contributed by atoms with Crippen LogP contribution in [0, 0.1) is 0 Å². The van der Waals surface area contributed by atoms with Crippen LogP contribution in [0.15, 0.2) is 11.4 Å². The van der Waals surface area contributed by atoms with Gasteiger partial charge in [-0.15, -0.1) is 11.3 Å². The summed E-state index contributed by atoms with van der Waals surface area (Å²) in [5.74, 6) is 0.149. The van der Waals surface area contributed by atoms with E-state index in [1.807, 2.05) is 18.5 Å². The van der Waals surface area contributed by atoms with Gasteiger partial charge in [-0.1, -0.05) is 0 Å². The van der Waals surface area contributed by atoms with Crippen molar-refractivity contribution >= 4 is 17.2 Å². The van der Waals surface area contributed by atoms with Gasteiger partial charge in [-0.2, -0.15) is 0 Å². The van der Waals surface area contributed by atoms with Crippen LogP contribution < -0.4 is 0 Å². The number of hydrogen-bond acceptors (Lipinski definition) is 2. The molecular formula is C9H11NOS. The van der Waals surface area contributed by atoms with Gasteiger partial charge in [0.2, 0.25) is 0 Å². The van der Waals surface area contributed by atoms with Crippen molar-refractivity contribution in [2.24, 2.45) is 0 Å². The predicted molar refractivity (Wildman–Crippen MR) is 49.4 cm³/mol.